The molecule has 2 N–H and O–H groups in total. The van der Waals surface area contributed by atoms with Gasteiger partial charge in [-0.15, -0.1) is 0 Å². The first kappa shape index (κ1) is 10.4. The van der Waals surface area contributed by atoms with Crippen molar-refractivity contribution in [1.29, 1.82) is 0 Å². The molecule has 2 saturated heterocycles. The van der Waals surface area contributed by atoms with Gasteiger partial charge in [0, 0.05) is 12.5 Å². The Hall–Kier alpha value is -0.170. The number of ether oxygens (including phenoxy) is 2. The molecule has 0 aromatic carbocycles. The maximum Gasteiger partial charge on any atom is 0.162 e. The van der Waals surface area contributed by atoms with Crippen LogP contribution in [0.15, 0.2) is 0 Å². The molecule has 0 aromatic rings. The molecule has 2 rings (SSSR count). The second-order valence-corrected chi connectivity index (χ2v) is 6.09. The molecule has 2 fully saturated rings. The van der Waals surface area contributed by atoms with Crippen molar-refractivity contribution < 1.29 is 17.9 Å². The number of rotatable bonds is 2. The molecule has 3 unspecified atom stereocenters. The molecule has 0 amide bonds. The first-order chi connectivity index (χ1) is 6.61. The van der Waals surface area contributed by atoms with Gasteiger partial charge in [-0.2, -0.15) is 0 Å². The average Bonchev–Trinajstić information content (AvgIpc) is 2.70. The lowest BCUT2D eigenvalue weighted by Gasteiger charge is -2.15. The van der Waals surface area contributed by atoms with Crippen LogP contribution in [0, 0.1) is 5.92 Å². The fraction of sp³-hybridized carbons (Fsp3) is 1.00. The molecular formula is C8H15NO4S. The van der Waals surface area contributed by atoms with Gasteiger partial charge in [0.25, 0.3) is 0 Å². The third kappa shape index (κ3) is 2.08. The molecule has 82 valence electrons. The van der Waals surface area contributed by atoms with Crippen molar-refractivity contribution in [3.63, 3.8) is 0 Å². The van der Waals surface area contributed by atoms with Gasteiger partial charge < -0.3 is 15.2 Å². The van der Waals surface area contributed by atoms with E-state index in [1.807, 2.05) is 0 Å². The minimum absolute atomic E-state index is 0.00319. The van der Waals surface area contributed by atoms with Crippen LogP contribution in [0.2, 0.25) is 0 Å². The van der Waals surface area contributed by atoms with E-state index < -0.39 is 9.84 Å². The van der Waals surface area contributed by atoms with Crippen molar-refractivity contribution in [2.24, 2.45) is 11.7 Å². The topological polar surface area (TPSA) is 78.6 Å². The van der Waals surface area contributed by atoms with Crippen molar-refractivity contribution in [2.45, 2.75) is 18.8 Å². The molecule has 0 saturated carbocycles. The monoisotopic (exact) mass is 221 g/mol. The van der Waals surface area contributed by atoms with E-state index in [0.29, 0.717) is 19.6 Å². The molecule has 5 nitrogen and oxygen atoms in total. The second-order valence-electron chi connectivity index (χ2n) is 3.86. The van der Waals surface area contributed by atoms with Crippen LogP contribution in [-0.4, -0.2) is 45.5 Å². The molecular weight excluding hydrogens is 206 g/mol. The molecule has 0 aromatic heterocycles. The number of nitrogens with two attached hydrogens (primary N) is 1. The normalized spacial score (nSPS) is 41.6. The molecule has 2 aliphatic rings. The largest absolute Gasteiger partial charge is 0.350 e. The van der Waals surface area contributed by atoms with Gasteiger partial charge in [-0.05, 0) is 6.42 Å². The molecule has 2 heterocycles. The highest BCUT2D eigenvalue weighted by molar-refractivity contribution is 7.91. The zero-order chi connectivity index (χ0) is 10.2. The summed E-state index contributed by atoms with van der Waals surface area (Å²) < 4.78 is 33.3. The van der Waals surface area contributed by atoms with E-state index in [9.17, 15) is 8.42 Å². The Morgan fingerprint density at radius 1 is 1.43 bits per heavy atom. The highest BCUT2D eigenvalue weighted by Crippen LogP contribution is 2.28. The van der Waals surface area contributed by atoms with Gasteiger partial charge in [0.1, 0.15) is 0 Å². The van der Waals surface area contributed by atoms with Gasteiger partial charge in [0.05, 0.1) is 24.2 Å². The van der Waals surface area contributed by atoms with Crippen molar-refractivity contribution >= 4 is 9.84 Å². The van der Waals surface area contributed by atoms with E-state index in [1.165, 1.54) is 0 Å². The summed E-state index contributed by atoms with van der Waals surface area (Å²) in [5.41, 5.74) is 5.42. The third-order valence-corrected chi connectivity index (χ3v) is 4.48. The standard InChI is InChI=1S/C8H15NO4S/c9-3-7-4-12-8(13-7)6-1-2-14(10,11)5-6/h6-8H,1-5,9H2. The summed E-state index contributed by atoms with van der Waals surface area (Å²) in [6.45, 7) is 0.910. The first-order valence-corrected chi connectivity index (χ1v) is 6.60. The van der Waals surface area contributed by atoms with E-state index >= 15 is 0 Å². The highest BCUT2D eigenvalue weighted by Gasteiger charge is 2.38. The van der Waals surface area contributed by atoms with Crippen molar-refractivity contribution in [2.75, 3.05) is 24.7 Å². The highest BCUT2D eigenvalue weighted by atomic mass is 32.2. The van der Waals surface area contributed by atoms with Gasteiger partial charge in [0.2, 0.25) is 0 Å². The molecule has 2 aliphatic heterocycles. The third-order valence-electron chi connectivity index (χ3n) is 2.69. The maximum absolute atomic E-state index is 11.2. The van der Waals surface area contributed by atoms with Crippen LogP contribution in [0.3, 0.4) is 0 Å². The number of hydrogen-bond donors (Lipinski definition) is 1. The minimum atomic E-state index is -2.85. The predicted octanol–water partition coefficient (Wildman–Crippen LogP) is -0.879. The number of hydrogen-bond acceptors (Lipinski definition) is 5. The fourth-order valence-corrected chi connectivity index (χ4v) is 3.68. The second kappa shape index (κ2) is 3.77. The van der Waals surface area contributed by atoms with E-state index in [-0.39, 0.29) is 29.8 Å². The Labute approximate surface area is 83.5 Å². The summed E-state index contributed by atoms with van der Waals surface area (Å²) in [6.07, 6.45) is 0.216. The summed E-state index contributed by atoms with van der Waals surface area (Å²) in [6, 6.07) is 0. The fourth-order valence-electron chi connectivity index (χ4n) is 1.88. The lowest BCUT2D eigenvalue weighted by Crippen LogP contribution is -2.26. The smallest absolute Gasteiger partial charge is 0.162 e. The Kier molecular flexibility index (Phi) is 2.79. The van der Waals surface area contributed by atoms with Crippen LogP contribution < -0.4 is 5.73 Å². The summed E-state index contributed by atoms with van der Waals surface area (Å²) in [5.74, 6) is 0.444. The molecule has 0 aliphatic carbocycles. The lowest BCUT2D eigenvalue weighted by molar-refractivity contribution is -0.0883. The summed E-state index contributed by atoms with van der Waals surface area (Å²) in [4.78, 5) is 0. The predicted molar refractivity (Wildman–Crippen MR) is 50.4 cm³/mol. The van der Waals surface area contributed by atoms with Crippen LogP contribution in [-0.2, 0) is 19.3 Å². The van der Waals surface area contributed by atoms with Crippen LogP contribution in [0.1, 0.15) is 6.42 Å². The molecule has 0 radical (unpaired) electrons. The molecule has 3 atom stereocenters. The van der Waals surface area contributed by atoms with Crippen LogP contribution in [0.25, 0.3) is 0 Å². The minimum Gasteiger partial charge on any atom is -0.350 e. The van der Waals surface area contributed by atoms with E-state index in [2.05, 4.69) is 0 Å². The Morgan fingerprint density at radius 2 is 2.21 bits per heavy atom. The van der Waals surface area contributed by atoms with Gasteiger partial charge in [-0.1, -0.05) is 0 Å². The Bertz CT molecular complexity index is 302. The first-order valence-electron chi connectivity index (χ1n) is 4.78. The van der Waals surface area contributed by atoms with Gasteiger partial charge in [-0.3, -0.25) is 0 Å². The van der Waals surface area contributed by atoms with Crippen LogP contribution >= 0.6 is 0 Å². The molecule has 0 bridgehead atoms. The Morgan fingerprint density at radius 3 is 2.71 bits per heavy atom. The van der Waals surface area contributed by atoms with Gasteiger partial charge in [-0.25, -0.2) is 8.42 Å². The summed E-state index contributed by atoms with van der Waals surface area (Å²) >= 11 is 0. The van der Waals surface area contributed by atoms with Crippen molar-refractivity contribution in [1.82, 2.24) is 0 Å². The molecule has 6 heteroatoms. The van der Waals surface area contributed by atoms with E-state index in [4.69, 9.17) is 15.2 Å². The maximum atomic E-state index is 11.2. The molecule has 14 heavy (non-hydrogen) atoms. The summed E-state index contributed by atoms with van der Waals surface area (Å²) in [5, 5.41) is 0. The summed E-state index contributed by atoms with van der Waals surface area (Å²) in [7, 11) is -2.85. The SMILES string of the molecule is NCC1COC(C2CCS(=O)(=O)C2)O1. The van der Waals surface area contributed by atoms with E-state index in [0.717, 1.165) is 0 Å². The van der Waals surface area contributed by atoms with Gasteiger partial charge >= 0.3 is 0 Å². The van der Waals surface area contributed by atoms with Crippen LogP contribution in [0.4, 0.5) is 0 Å². The average molecular weight is 221 g/mol. The van der Waals surface area contributed by atoms with Crippen LogP contribution in [0.5, 0.6) is 0 Å². The van der Waals surface area contributed by atoms with Crippen molar-refractivity contribution in [3.8, 4) is 0 Å². The van der Waals surface area contributed by atoms with Crippen molar-refractivity contribution in [3.05, 3.63) is 0 Å². The Balaban J connectivity index is 1.92. The lowest BCUT2D eigenvalue weighted by atomic mass is 10.1. The zero-order valence-corrected chi connectivity index (χ0v) is 8.70. The quantitative estimate of drug-likeness (QED) is 0.655. The molecule has 0 spiro atoms. The number of sulfone groups is 1. The van der Waals surface area contributed by atoms with Gasteiger partial charge in [0.15, 0.2) is 16.1 Å². The van der Waals surface area contributed by atoms with E-state index in [1.54, 1.807) is 0 Å². The zero-order valence-electron chi connectivity index (χ0n) is 7.89.